The minimum Gasteiger partial charge on any atom is -0.481 e. The molecule has 2 aromatic rings. The van der Waals surface area contributed by atoms with E-state index in [2.05, 4.69) is 5.32 Å². The highest BCUT2D eigenvalue weighted by Crippen LogP contribution is 2.48. The van der Waals surface area contributed by atoms with Crippen LogP contribution >= 0.6 is 0 Å². The zero-order valence-corrected chi connectivity index (χ0v) is 14.7. The van der Waals surface area contributed by atoms with Crippen molar-refractivity contribution in [2.24, 2.45) is 5.92 Å². The highest BCUT2D eigenvalue weighted by Gasteiger charge is 2.45. The van der Waals surface area contributed by atoms with Crippen molar-refractivity contribution >= 4 is 11.9 Å². The van der Waals surface area contributed by atoms with Gasteiger partial charge in [0.2, 0.25) is 5.91 Å². The van der Waals surface area contributed by atoms with E-state index in [0.717, 1.165) is 11.6 Å². The summed E-state index contributed by atoms with van der Waals surface area (Å²) in [6, 6.07) is 12.6. The largest absolute Gasteiger partial charge is 0.481 e. The van der Waals surface area contributed by atoms with Gasteiger partial charge in [0.1, 0.15) is 11.6 Å². The molecule has 2 aromatic carbocycles. The van der Waals surface area contributed by atoms with E-state index < -0.39 is 17.6 Å². The number of aliphatic carboxylic acids is 1. The molecule has 6 heteroatoms. The molecule has 1 fully saturated rings. The summed E-state index contributed by atoms with van der Waals surface area (Å²) in [5, 5.41) is 11.9. The molecule has 27 heavy (non-hydrogen) atoms. The summed E-state index contributed by atoms with van der Waals surface area (Å²) >= 11 is 0. The number of halogens is 2. The fraction of sp³-hybridized carbons (Fsp3) is 0.333. The van der Waals surface area contributed by atoms with Gasteiger partial charge in [-0.05, 0) is 42.4 Å². The second kappa shape index (κ2) is 8.29. The highest BCUT2D eigenvalue weighted by molar-refractivity contribution is 5.83. The van der Waals surface area contributed by atoms with Gasteiger partial charge in [0.05, 0.1) is 0 Å². The molecule has 0 heterocycles. The number of amides is 1. The molecule has 0 aliphatic heterocycles. The lowest BCUT2D eigenvalue weighted by Gasteiger charge is -2.18. The van der Waals surface area contributed by atoms with Crippen molar-refractivity contribution in [1.82, 2.24) is 5.32 Å². The molecule has 0 spiro atoms. The minimum absolute atomic E-state index is 0.0432. The molecule has 142 valence electrons. The summed E-state index contributed by atoms with van der Waals surface area (Å²) in [7, 11) is 0. The number of nitrogens with one attached hydrogen (secondary N) is 1. The summed E-state index contributed by atoms with van der Waals surface area (Å²) in [6.45, 7) is 0. The maximum atomic E-state index is 13.9. The zero-order valence-electron chi connectivity index (χ0n) is 14.7. The third kappa shape index (κ3) is 5.12. The van der Waals surface area contributed by atoms with Crippen molar-refractivity contribution in [3.63, 3.8) is 0 Å². The van der Waals surface area contributed by atoms with Crippen molar-refractivity contribution in [2.45, 2.75) is 37.6 Å². The van der Waals surface area contributed by atoms with E-state index in [4.69, 9.17) is 5.11 Å². The number of rotatable bonds is 8. The molecular formula is C21H21F2NO3. The Bertz CT molecular complexity index is 825. The van der Waals surface area contributed by atoms with Crippen molar-refractivity contribution in [1.29, 1.82) is 0 Å². The highest BCUT2D eigenvalue weighted by atomic mass is 19.1. The molecule has 0 saturated heterocycles. The van der Waals surface area contributed by atoms with E-state index in [1.165, 1.54) is 12.1 Å². The first-order valence-electron chi connectivity index (χ1n) is 8.95. The van der Waals surface area contributed by atoms with Crippen LogP contribution in [0.4, 0.5) is 8.78 Å². The third-order valence-corrected chi connectivity index (χ3v) is 4.87. The molecular weight excluding hydrogens is 352 g/mol. The molecule has 3 atom stereocenters. The Balaban J connectivity index is 1.63. The Labute approximate surface area is 156 Å². The van der Waals surface area contributed by atoms with Crippen LogP contribution in [-0.4, -0.2) is 23.0 Å². The van der Waals surface area contributed by atoms with Crippen molar-refractivity contribution in [2.75, 3.05) is 0 Å². The van der Waals surface area contributed by atoms with Gasteiger partial charge in [0, 0.05) is 24.4 Å². The lowest BCUT2D eigenvalue weighted by atomic mass is 10.0. The molecule has 3 rings (SSSR count). The van der Waals surface area contributed by atoms with Crippen LogP contribution in [0, 0.1) is 17.6 Å². The normalized spacial score (nSPS) is 19.3. The predicted octanol–water partition coefficient (Wildman–Crippen LogP) is 3.66. The first kappa shape index (κ1) is 19.0. The van der Waals surface area contributed by atoms with Crippen LogP contribution in [-0.2, 0) is 16.0 Å². The van der Waals surface area contributed by atoms with E-state index in [-0.39, 0.29) is 30.2 Å². The molecule has 0 radical (unpaired) electrons. The Kier molecular flexibility index (Phi) is 5.84. The van der Waals surface area contributed by atoms with Gasteiger partial charge in [-0.1, -0.05) is 36.4 Å². The number of carbonyl (C=O) groups is 2. The fourth-order valence-electron chi connectivity index (χ4n) is 3.36. The van der Waals surface area contributed by atoms with Crippen molar-refractivity contribution in [3.8, 4) is 0 Å². The number of carboxylic acid groups (broad SMARTS) is 1. The second-order valence-corrected chi connectivity index (χ2v) is 6.94. The minimum atomic E-state index is -0.917. The smallest absolute Gasteiger partial charge is 0.303 e. The average Bonchev–Trinajstić information content (AvgIpc) is 3.41. The molecule has 1 aliphatic rings. The number of benzene rings is 2. The topological polar surface area (TPSA) is 66.4 Å². The summed E-state index contributed by atoms with van der Waals surface area (Å²) in [4.78, 5) is 23.5. The second-order valence-electron chi connectivity index (χ2n) is 6.94. The number of hydrogen-bond acceptors (Lipinski definition) is 2. The van der Waals surface area contributed by atoms with Gasteiger partial charge in [-0.25, -0.2) is 8.78 Å². The summed E-state index contributed by atoms with van der Waals surface area (Å²) in [5.74, 6) is -3.04. The lowest BCUT2D eigenvalue weighted by molar-refractivity contribution is -0.137. The van der Waals surface area contributed by atoms with Gasteiger partial charge < -0.3 is 10.4 Å². The molecule has 0 aromatic heterocycles. The van der Waals surface area contributed by atoms with Crippen LogP contribution in [0.25, 0.3) is 0 Å². The van der Waals surface area contributed by atoms with E-state index in [1.54, 1.807) is 0 Å². The van der Waals surface area contributed by atoms with Crippen molar-refractivity contribution in [3.05, 3.63) is 71.3 Å². The van der Waals surface area contributed by atoms with Gasteiger partial charge in [-0.2, -0.15) is 0 Å². The molecule has 0 bridgehead atoms. The quantitative estimate of drug-likeness (QED) is 0.742. The molecule has 4 nitrogen and oxygen atoms in total. The average molecular weight is 373 g/mol. The maximum Gasteiger partial charge on any atom is 0.303 e. The number of carbonyl (C=O) groups excluding carboxylic acids is 1. The van der Waals surface area contributed by atoms with E-state index >= 15 is 0 Å². The number of hydrogen-bond donors (Lipinski definition) is 2. The standard InChI is InChI=1S/C21H21F2NO3/c22-14-6-8-16(19(23)11-14)17-12-18(17)21(27)24-15(7-9-20(25)26)10-13-4-2-1-3-5-13/h1-6,8,11,15,17-18H,7,9-10,12H2,(H,24,27)(H,25,26). The Morgan fingerprint density at radius 3 is 2.56 bits per heavy atom. The van der Waals surface area contributed by atoms with Crippen LogP contribution in [0.3, 0.4) is 0 Å². The third-order valence-electron chi connectivity index (χ3n) is 4.87. The first-order chi connectivity index (χ1) is 12.9. The summed E-state index contributed by atoms with van der Waals surface area (Å²) in [6.07, 6.45) is 1.31. The van der Waals surface area contributed by atoms with E-state index in [9.17, 15) is 18.4 Å². The Hall–Kier alpha value is -2.76. The van der Waals surface area contributed by atoms with E-state index in [1.807, 2.05) is 30.3 Å². The molecule has 1 amide bonds. The van der Waals surface area contributed by atoms with Crippen LogP contribution in [0.1, 0.15) is 36.3 Å². The molecule has 3 unspecified atom stereocenters. The van der Waals surface area contributed by atoms with E-state index in [0.29, 0.717) is 24.8 Å². The first-order valence-corrected chi connectivity index (χ1v) is 8.95. The van der Waals surface area contributed by atoms with Gasteiger partial charge in [-0.3, -0.25) is 9.59 Å². The van der Waals surface area contributed by atoms with Crippen LogP contribution in [0.5, 0.6) is 0 Å². The van der Waals surface area contributed by atoms with Crippen LogP contribution in [0.2, 0.25) is 0 Å². The SMILES string of the molecule is O=C(O)CCC(Cc1ccccc1)NC(=O)C1CC1c1ccc(F)cc1F. The monoisotopic (exact) mass is 373 g/mol. The van der Waals surface area contributed by atoms with Crippen molar-refractivity contribution < 1.29 is 23.5 Å². The van der Waals surface area contributed by atoms with Crippen LogP contribution in [0.15, 0.2) is 48.5 Å². The zero-order chi connectivity index (χ0) is 19.4. The number of carboxylic acids is 1. The van der Waals surface area contributed by atoms with Gasteiger partial charge in [0.15, 0.2) is 0 Å². The molecule has 1 saturated carbocycles. The Morgan fingerprint density at radius 2 is 1.89 bits per heavy atom. The maximum absolute atomic E-state index is 13.9. The summed E-state index contributed by atoms with van der Waals surface area (Å²) in [5.41, 5.74) is 1.35. The Morgan fingerprint density at radius 1 is 1.15 bits per heavy atom. The molecule has 1 aliphatic carbocycles. The fourth-order valence-corrected chi connectivity index (χ4v) is 3.36. The molecule has 2 N–H and O–H groups in total. The predicted molar refractivity (Wildman–Crippen MR) is 96.2 cm³/mol. The summed E-state index contributed by atoms with van der Waals surface area (Å²) < 4.78 is 26.9. The van der Waals surface area contributed by atoms with Crippen LogP contribution < -0.4 is 5.32 Å². The van der Waals surface area contributed by atoms with Gasteiger partial charge in [0.25, 0.3) is 0 Å². The van der Waals surface area contributed by atoms with Gasteiger partial charge in [-0.15, -0.1) is 0 Å². The van der Waals surface area contributed by atoms with Gasteiger partial charge >= 0.3 is 5.97 Å². The lowest BCUT2D eigenvalue weighted by Crippen LogP contribution is -2.38.